The summed E-state index contributed by atoms with van der Waals surface area (Å²) < 4.78 is 27.8. The molecule has 2 saturated carbocycles. The molecule has 3 rings (SSSR count). The molecule has 2 aliphatic carbocycles. The Morgan fingerprint density at radius 2 is 1.45 bits per heavy atom. The molecular weight excluding hydrogens is 364 g/mol. The van der Waals surface area contributed by atoms with Crippen molar-refractivity contribution in [3.63, 3.8) is 0 Å². The monoisotopic (exact) mass is 399 g/mol. The first kappa shape index (κ1) is 22.0. The van der Waals surface area contributed by atoms with Gasteiger partial charge in [-0.2, -0.15) is 5.26 Å². The molecule has 3 heteroatoms. The average molecular weight is 400 g/mol. The summed E-state index contributed by atoms with van der Waals surface area (Å²) in [5.41, 5.74) is 0.244. The number of rotatable bonds is 7. The molecule has 29 heavy (non-hydrogen) atoms. The van der Waals surface area contributed by atoms with Gasteiger partial charge in [-0.3, -0.25) is 0 Å². The van der Waals surface area contributed by atoms with Gasteiger partial charge in [-0.15, -0.1) is 0 Å². The number of halogens is 2. The van der Waals surface area contributed by atoms with Crippen LogP contribution in [0.25, 0.3) is 0 Å². The lowest BCUT2D eigenvalue weighted by Crippen LogP contribution is -2.15. The van der Waals surface area contributed by atoms with Crippen LogP contribution in [-0.2, 0) is 0 Å². The Kier molecular flexibility index (Phi) is 8.28. The Bertz CT molecular complexity index is 694. The second-order valence-corrected chi connectivity index (χ2v) is 9.24. The molecule has 0 atom stereocenters. The molecule has 0 bridgehead atoms. The van der Waals surface area contributed by atoms with E-state index in [1.807, 2.05) is 0 Å². The Balaban J connectivity index is 1.43. The van der Waals surface area contributed by atoms with Gasteiger partial charge >= 0.3 is 0 Å². The molecule has 1 nitrogen and oxygen atoms in total. The maximum atomic E-state index is 13.9. The Morgan fingerprint density at radius 3 is 1.97 bits per heavy atom. The van der Waals surface area contributed by atoms with Gasteiger partial charge < -0.3 is 0 Å². The van der Waals surface area contributed by atoms with Crippen molar-refractivity contribution in [1.29, 1.82) is 5.26 Å². The highest BCUT2D eigenvalue weighted by atomic mass is 19.1. The number of nitriles is 1. The summed E-state index contributed by atoms with van der Waals surface area (Å²) in [6.45, 7) is 2.27. The van der Waals surface area contributed by atoms with E-state index in [9.17, 15) is 8.78 Å². The van der Waals surface area contributed by atoms with E-state index >= 15 is 0 Å². The summed E-state index contributed by atoms with van der Waals surface area (Å²) in [5.74, 6) is 1.05. The molecule has 0 saturated heterocycles. The minimum Gasteiger partial charge on any atom is -0.205 e. The van der Waals surface area contributed by atoms with Crippen molar-refractivity contribution in [3.05, 3.63) is 47.0 Å². The fourth-order valence-corrected chi connectivity index (χ4v) is 5.25. The van der Waals surface area contributed by atoms with Gasteiger partial charge in [0.05, 0.1) is 0 Å². The third-order valence-corrected chi connectivity index (χ3v) is 7.18. The maximum Gasteiger partial charge on any atom is 0.144 e. The standard InChI is InChI=1S/C26H35F2N/c1-2-3-4-5-19-6-8-20(9-7-19)10-11-21-12-14-22(15-13-21)23-16-25(27)24(18-29)26(28)17-23/h10-11,16-17,19-22H,2-9,12-15H2,1H3/b11-10+/t19-,20-,21?,22?. The molecule has 0 unspecified atom stereocenters. The number of allylic oxidation sites excluding steroid dienone is 2. The summed E-state index contributed by atoms with van der Waals surface area (Å²) >= 11 is 0. The van der Waals surface area contributed by atoms with Crippen LogP contribution in [0.2, 0.25) is 0 Å². The van der Waals surface area contributed by atoms with Crippen molar-refractivity contribution >= 4 is 0 Å². The van der Waals surface area contributed by atoms with Gasteiger partial charge in [0.25, 0.3) is 0 Å². The molecule has 0 heterocycles. The van der Waals surface area contributed by atoms with Crippen molar-refractivity contribution in [2.75, 3.05) is 0 Å². The first-order valence-corrected chi connectivity index (χ1v) is 11.7. The molecule has 2 aliphatic rings. The molecule has 1 aromatic rings. The fraction of sp³-hybridized carbons (Fsp3) is 0.654. The summed E-state index contributed by atoms with van der Waals surface area (Å²) in [7, 11) is 0. The van der Waals surface area contributed by atoms with Crippen LogP contribution in [-0.4, -0.2) is 0 Å². The maximum absolute atomic E-state index is 13.9. The first-order valence-electron chi connectivity index (χ1n) is 11.7. The van der Waals surface area contributed by atoms with Crippen LogP contribution in [0.5, 0.6) is 0 Å². The van der Waals surface area contributed by atoms with Crippen molar-refractivity contribution in [3.8, 4) is 6.07 Å². The summed E-state index contributed by atoms with van der Waals surface area (Å²) in [6.07, 6.45) is 20.0. The predicted octanol–water partition coefficient (Wildman–Crippen LogP) is 8.05. The number of unbranched alkanes of at least 4 members (excludes halogenated alkanes) is 2. The summed E-state index contributed by atoms with van der Waals surface area (Å²) in [5, 5.41) is 8.83. The first-order chi connectivity index (χ1) is 14.1. The van der Waals surface area contributed by atoms with Crippen LogP contribution < -0.4 is 0 Å². The summed E-state index contributed by atoms with van der Waals surface area (Å²) in [6, 6.07) is 4.33. The lowest BCUT2D eigenvalue weighted by Gasteiger charge is -2.29. The van der Waals surface area contributed by atoms with Crippen molar-refractivity contribution < 1.29 is 8.78 Å². The molecule has 0 N–H and O–H groups in total. The van der Waals surface area contributed by atoms with Gasteiger partial charge in [0, 0.05) is 0 Å². The van der Waals surface area contributed by atoms with Gasteiger partial charge in [0.2, 0.25) is 0 Å². The van der Waals surface area contributed by atoms with E-state index in [4.69, 9.17) is 5.26 Å². The smallest absolute Gasteiger partial charge is 0.144 e. The van der Waals surface area contributed by atoms with Gasteiger partial charge in [0.1, 0.15) is 23.3 Å². The molecule has 158 valence electrons. The van der Waals surface area contributed by atoms with Crippen LogP contribution in [0, 0.1) is 40.7 Å². The normalized spacial score (nSPS) is 27.8. The fourth-order valence-electron chi connectivity index (χ4n) is 5.25. The van der Waals surface area contributed by atoms with E-state index in [1.165, 1.54) is 63.5 Å². The summed E-state index contributed by atoms with van der Waals surface area (Å²) in [4.78, 5) is 0. The highest BCUT2D eigenvalue weighted by Crippen LogP contribution is 2.38. The second kappa shape index (κ2) is 10.9. The number of hydrogen-bond donors (Lipinski definition) is 0. The third-order valence-electron chi connectivity index (χ3n) is 7.18. The van der Waals surface area contributed by atoms with Crippen molar-refractivity contribution in [2.24, 2.45) is 17.8 Å². The van der Waals surface area contributed by atoms with E-state index in [1.54, 1.807) is 6.07 Å². The average Bonchev–Trinajstić information content (AvgIpc) is 2.73. The third kappa shape index (κ3) is 6.14. The lowest BCUT2D eigenvalue weighted by molar-refractivity contribution is 0.288. The quantitative estimate of drug-likeness (QED) is 0.336. The number of hydrogen-bond acceptors (Lipinski definition) is 1. The van der Waals surface area contributed by atoms with Crippen LogP contribution in [0.15, 0.2) is 24.3 Å². The molecule has 0 aliphatic heterocycles. The lowest BCUT2D eigenvalue weighted by atomic mass is 9.76. The molecule has 0 radical (unpaired) electrons. The number of benzene rings is 1. The molecule has 0 amide bonds. The van der Waals surface area contributed by atoms with Crippen LogP contribution in [0.4, 0.5) is 8.78 Å². The Labute approximate surface area is 175 Å². The van der Waals surface area contributed by atoms with Crippen LogP contribution in [0.3, 0.4) is 0 Å². The highest BCUT2D eigenvalue weighted by Gasteiger charge is 2.24. The van der Waals surface area contributed by atoms with Gasteiger partial charge in [-0.25, -0.2) is 8.78 Å². The molecule has 2 fully saturated rings. The minimum atomic E-state index is -0.727. The van der Waals surface area contributed by atoms with Crippen molar-refractivity contribution in [1.82, 2.24) is 0 Å². The van der Waals surface area contributed by atoms with E-state index in [2.05, 4.69) is 19.1 Å². The number of nitrogens with zero attached hydrogens (tertiary/aromatic N) is 1. The van der Waals surface area contributed by atoms with Crippen LogP contribution in [0.1, 0.15) is 101 Å². The van der Waals surface area contributed by atoms with E-state index in [0.29, 0.717) is 11.5 Å². The Morgan fingerprint density at radius 1 is 0.897 bits per heavy atom. The van der Waals surface area contributed by atoms with E-state index in [0.717, 1.165) is 37.5 Å². The van der Waals surface area contributed by atoms with E-state index < -0.39 is 17.2 Å². The minimum absolute atomic E-state index is 0.204. The van der Waals surface area contributed by atoms with Crippen LogP contribution >= 0.6 is 0 Å². The molecule has 0 aromatic heterocycles. The van der Waals surface area contributed by atoms with Gasteiger partial charge in [-0.1, -0.05) is 44.8 Å². The van der Waals surface area contributed by atoms with E-state index in [-0.39, 0.29) is 5.92 Å². The molecule has 1 aromatic carbocycles. The zero-order valence-corrected chi connectivity index (χ0v) is 17.8. The van der Waals surface area contributed by atoms with Crippen molar-refractivity contribution in [2.45, 2.75) is 89.9 Å². The predicted molar refractivity (Wildman–Crippen MR) is 115 cm³/mol. The largest absolute Gasteiger partial charge is 0.205 e. The molecular formula is C26H35F2N. The SMILES string of the molecule is CCCCC[C@H]1CC[C@H](/C=C/C2CCC(c3cc(F)c(C#N)c(F)c3)CC2)CC1. The highest BCUT2D eigenvalue weighted by molar-refractivity contribution is 5.36. The zero-order valence-electron chi connectivity index (χ0n) is 17.8. The molecule has 0 spiro atoms. The topological polar surface area (TPSA) is 23.8 Å². The van der Waals surface area contributed by atoms with Gasteiger partial charge in [0.15, 0.2) is 0 Å². The Hall–Kier alpha value is -1.69. The zero-order chi connectivity index (χ0) is 20.6. The van der Waals surface area contributed by atoms with Gasteiger partial charge in [-0.05, 0) is 92.7 Å². The second-order valence-electron chi connectivity index (χ2n) is 9.24.